The molecule has 0 aromatic heterocycles. The standard InChI is InChI=1S/C30H31N/c1-5-14-24(22-15-9-7-8-10-16-22)29(6-2)31-23-17-13-19-26-25-18-11-12-20-27(25)30(3,4)28(26)21-23/h5-15,17-18,20-21,31H,1,16,19H2,2-4H3/b24-14-,29-6+. The van der Waals surface area contributed by atoms with Gasteiger partial charge in [-0.3, -0.25) is 0 Å². The van der Waals surface area contributed by atoms with Gasteiger partial charge in [0.25, 0.3) is 0 Å². The number of nitrogens with one attached hydrogen (secondary N) is 1. The maximum Gasteiger partial charge on any atom is 0.0417 e. The Balaban J connectivity index is 1.70. The van der Waals surface area contributed by atoms with Crippen LogP contribution in [0.2, 0.25) is 0 Å². The fourth-order valence-electron chi connectivity index (χ4n) is 4.75. The van der Waals surface area contributed by atoms with E-state index in [9.17, 15) is 0 Å². The molecule has 0 saturated heterocycles. The van der Waals surface area contributed by atoms with Gasteiger partial charge in [0.2, 0.25) is 0 Å². The van der Waals surface area contributed by atoms with Crippen LogP contribution < -0.4 is 5.32 Å². The van der Waals surface area contributed by atoms with Crippen LogP contribution >= 0.6 is 0 Å². The zero-order valence-corrected chi connectivity index (χ0v) is 18.8. The summed E-state index contributed by atoms with van der Waals surface area (Å²) in [7, 11) is 0. The predicted molar refractivity (Wildman–Crippen MR) is 134 cm³/mol. The molecule has 156 valence electrons. The van der Waals surface area contributed by atoms with Crippen LogP contribution in [0.25, 0.3) is 5.57 Å². The Bertz CT molecular complexity index is 1140. The monoisotopic (exact) mass is 405 g/mol. The van der Waals surface area contributed by atoms with E-state index in [-0.39, 0.29) is 5.41 Å². The van der Waals surface area contributed by atoms with E-state index in [1.165, 1.54) is 33.4 Å². The van der Waals surface area contributed by atoms with Gasteiger partial charge in [0.05, 0.1) is 0 Å². The molecule has 0 bridgehead atoms. The van der Waals surface area contributed by atoms with Gasteiger partial charge in [-0.15, -0.1) is 0 Å². The molecule has 0 aliphatic heterocycles. The van der Waals surface area contributed by atoms with Crippen LogP contribution in [0.3, 0.4) is 0 Å². The number of rotatable bonds is 5. The van der Waals surface area contributed by atoms with Crippen molar-refractivity contribution in [3.05, 3.63) is 137 Å². The fourth-order valence-corrected chi connectivity index (χ4v) is 4.75. The lowest BCUT2D eigenvalue weighted by molar-refractivity contribution is 0.652. The molecular weight excluding hydrogens is 374 g/mol. The summed E-state index contributed by atoms with van der Waals surface area (Å²) >= 11 is 0. The van der Waals surface area contributed by atoms with Crippen molar-refractivity contribution in [2.24, 2.45) is 0 Å². The van der Waals surface area contributed by atoms with Crippen LogP contribution in [0, 0.1) is 0 Å². The van der Waals surface area contributed by atoms with Crippen LogP contribution in [-0.2, 0) is 5.41 Å². The van der Waals surface area contributed by atoms with Gasteiger partial charge in [0, 0.05) is 22.4 Å². The van der Waals surface area contributed by atoms with E-state index in [0.29, 0.717) is 0 Å². The molecule has 4 rings (SSSR count). The average Bonchev–Trinajstić information content (AvgIpc) is 3.07. The third kappa shape index (κ3) is 4.01. The third-order valence-corrected chi connectivity index (χ3v) is 6.33. The summed E-state index contributed by atoms with van der Waals surface area (Å²) in [4.78, 5) is 0. The normalized spacial score (nSPS) is 19.8. The first-order chi connectivity index (χ1) is 15.1. The van der Waals surface area contributed by atoms with Crippen LogP contribution in [0.5, 0.6) is 0 Å². The van der Waals surface area contributed by atoms with Crippen molar-refractivity contribution in [2.45, 2.75) is 39.0 Å². The molecule has 0 spiro atoms. The van der Waals surface area contributed by atoms with Gasteiger partial charge in [0.15, 0.2) is 0 Å². The number of allylic oxidation sites excluding steroid dienone is 14. The summed E-state index contributed by atoms with van der Waals surface area (Å²) in [5.41, 5.74) is 10.3. The summed E-state index contributed by atoms with van der Waals surface area (Å²) < 4.78 is 0. The highest BCUT2D eigenvalue weighted by Crippen LogP contribution is 2.49. The summed E-state index contributed by atoms with van der Waals surface area (Å²) in [5.74, 6) is 0. The Morgan fingerprint density at radius 3 is 2.71 bits per heavy atom. The van der Waals surface area contributed by atoms with Crippen molar-refractivity contribution in [1.82, 2.24) is 5.32 Å². The first kappa shape index (κ1) is 20.9. The molecule has 3 aliphatic rings. The van der Waals surface area contributed by atoms with E-state index in [1.54, 1.807) is 0 Å². The number of fused-ring (bicyclic) bond motifs is 2. The van der Waals surface area contributed by atoms with Crippen molar-refractivity contribution in [2.75, 3.05) is 0 Å². The van der Waals surface area contributed by atoms with Crippen molar-refractivity contribution >= 4 is 5.57 Å². The number of benzene rings is 1. The molecule has 0 atom stereocenters. The zero-order valence-electron chi connectivity index (χ0n) is 18.8. The van der Waals surface area contributed by atoms with Gasteiger partial charge in [-0.1, -0.05) is 99.4 Å². The minimum atomic E-state index is 0.000158. The Morgan fingerprint density at radius 1 is 1.06 bits per heavy atom. The van der Waals surface area contributed by atoms with Gasteiger partial charge in [0.1, 0.15) is 0 Å². The fraction of sp³-hybridized carbons (Fsp3) is 0.200. The molecule has 31 heavy (non-hydrogen) atoms. The highest BCUT2D eigenvalue weighted by Gasteiger charge is 2.36. The van der Waals surface area contributed by atoms with Gasteiger partial charge < -0.3 is 5.32 Å². The molecule has 1 nitrogen and oxygen atoms in total. The Kier molecular flexibility index (Phi) is 5.95. The molecule has 1 aromatic rings. The first-order valence-electron chi connectivity index (χ1n) is 11.1. The van der Waals surface area contributed by atoms with Crippen LogP contribution in [-0.4, -0.2) is 0 Å². The van der Waals surface area contributed by atoms with E-state index >= 15 is 0 Å². The number of hydrogen-bond acceptors (Lipinski definition) is 1. The molecule has 1 heteroatoms. The largest absolute Gasteiger partial charge is 0.355 e. The average molecular weight is 406 g/mol. The van der Waals surface area contributed by atoms with Crippen LogP contribution in [0.15, 0.2) is 126 Å². The van der Waals surface area contributed by atoms with Crippen molar-refractivity contribution < 1.29 is 0 Å². The SMILES string of the molecule is C=C/C=C(C1=CC=CC=CC1)\C(=C/C)NC1=CC2=C(CC=C1)c1ccccc1C2(C)C. The van der Waals surface area contributed by atoms with Gasteiger partial charge >= 0.3 is 0 Å². The minimum absolute atomic E-state index is 0.000158. The maximum absolute atomic E-state index is 3.95. The van der Waals surface area contributed by atoms with Crippen molar-refractivity contribution in [3.63, 3.8) is 0 Å². The molecule has 0 fully saturated rings. The van der Waals surface area contributed by atoms with Gasteiger partial charge in [-0.2, -0.15) is 0 Å². The zero-order chi connectivity index (χ0) is 21.8. The van der Waals surface area contributed by atoms with Crippen LogP contribution in [0.1, 0.15) is 44.7 Å². The Morgan fingerprint density at radius 2 is 1.90 bits per heavy atom. The lowest BCUT2D eigenvalue weighted by Crippen LogP contribution is -2.19. The molecule has 0 radical (unpaired) electrons. The maximum atomic E-state index is 3.95. The molecule has 0 heterocycles. The molecule has 0 saturated carbocycles. The summed E-state index contributed by atoms with van der Waals surface area (Å²) in [5, 5.41) is 3.72. The second-order valence-corrected chi connectivity index (χ2v) is 8.62. The van der Waals surface area contributed by atoms with Gasteiger partial charge in [-0.25, -0.2) is 0 Å². The lowest BCUT2D eigenvalue weighted by Gasteiger charge is -2.24. The molecule has 0 amide bonds. The molecule has 3 aliphatic carbocycles. The summed E-state index contributed by atoms with van der Waals surface area (Å²) in [6, 6.07) is 8.84. The highest BCUT2D eigenvalue weighted by atomic mass is 14.9. The van der Waals surface area contributed by atoms with Crippen molar-refractivity contribution in [3.8, 4) is 0 Å². The molecule has 1 N–H and O–H groups in total. The highest BCUT2D eigenvalue weighted by molar-refractivity contribution is 5.83. The first-order valence-corrected chi connectivity index (χ1v) is 11.1. The molecular formula is C30H31N. The summed E-state index contributed by atoms with van der Waals surface area (Å²) in [6.45, 7) is 10.7. The van der Waals surface area contributed by atoms with Crippen LogP contribution in [0.4, 0.5) is 0 Å². The van der Waals surface area contributed by atoms with E-state index in [1.807, 2.05) is 6.08 Å². The topological polar surface area (TPSA) is 12.0 Å². The summed E-state index contributed by atoms with van der Waals surface area (Å²) in [6.07, 6.45) is 25.5. The second kappa shape index (κ2) is 8.81. The molecule has 0 unspecified atom stereocenters. The van der Waals surface area contributed by atoms with E-state index < -0.39 is 0 Å². The minimum Gasteiger partial charge on any atom is -0.355 e. The quantitative estimate of drug-likeness (QED) is 0.497. The Hall–Kier alpha value is -3.32. The van der Waals surface area contributed by atoms with Crippen molar-refractivity contribution in [1.29, 1.82) is 0 Å². The molecule has 1 aromatic carbocycles. The predicted octanol–water partition coefficient (Wildman–Crippen LogP) is 7.62. The smallest absolute Gasteiger partial charge is 0.0417 e. The third-order valence-electron chi connectivity index (χ3n) is 6.33. The second-order valence-electron chi connectivity index (χ2n) is 8.62. The van der Waals surface area contributed by atoms with E-state index in [0.717, 1.165) is 24.2 Å². The Labute approximate surface area is 187 Å². The van der Waals surface area contributed by atoms with Gasteiger partial charge in [-0.05, 0) is 59.8 Å². The number of hydrogen-bond donors (Lipinski definition) is 1. The lowest BCUT2D eigenvalue weighted by atomic mass is 9.81. The van der Waals surface area contributed by atoms with E-state index in [2.05, 4.69) is 118 Å². The van der Waals surface area contributed by atoms with E-state index in [4.69, 9.17) is 0 Å².